The van der Waals surface area contributed by atoms with Gasteiger partial charge in [0.15, 0.2) is 5.76 Å². The van der Waals surface area contributed by atoms with Crippen molar-refractivity contribution in [3.05, 3.63) is 82.8 Å². The second kappa shape index (κ2) is 12.0. The fourth-order valence-corrected chi connectivity index (χ4v) is 3.64. The van der Waals surface area contributed by atoms with Gasteiger partial charge in [-0.3, -0.25) is 14.4 Å². The first-order chi connectivity index (χ1) is 16.4. The lowest BCUT2D eigenvalue weighted by atomic mass is 9.99. The summed E-state index contributed by atoms with van der Waals surface area (Å²) < 4.78 is 15.1. The number of esters is 2. The fourth-order valence-electron chi connectivity index (χ4n) is 3.45. The van der Waals surface area contributed by atoms with Crippen LogP contribution in [-0.2, 0) is 31.9 Å². The Morgan fingerprint density at radius 1 is 1.00 bits per heavy atom. The molecule has 0 spiro atoms. The summed E-state index contributed by atoms with van der Waals surface area (Å²) in [6, 6.07) is 17.9. The number of ether oxygens (including phenoxy) is 2. The van der Waals surface area contributed by atoms with E-state index in [1.54, 1.807) is 13.0 Å². The van der Waals surface area contributed by atoms with Crippen LogP contribution in [-0.4, -0.2) is 37.6 Å². The molecule has 0 aliphatic carbocycles. The van der Waals surface area contributed by atoms with Gasteiger partial charge >= 0.3 is 11.9 Å². The summed E-state index contributed by atoms with van der Waals surface area (Å²) in [5.41, 5.74) is 2.94. The number of hydrogen-bond donors (Lipinski definition) is 1. The molecule has 1 heterocycles. The average Bonchev–Trinajstić information content (AvgIpc) is 3.28. The zero-order chi connectivity index (χ0) is 24.5. The topological polar surface area (TPSA) is 94.8 Å². The second-order valence-corrected chi connectivity index (χ2v) is 8.05. The first-order valence-electron chi connectivity index (χ1n) is 10.8. The lowest BCUT2D eigenvalue weighted by Crippen LogP contribution is -2.38. The third kappa shape index (κ3) is 7.22. The van der Waals surface area contributed by atoms with Crippen LogP contribution in [0.1, 0.15) is 35.2 Å². The molecule has 34 heavy (non-hydrogen) atoms. The molecule has 1 amide bonds. The molecular weight excluding hydrogens is 458 g/mol. The molecular formula is C26H26ClNO6. The van der Waals surface area contributed by atoms with Crippen LogP contribution in [0.2, 0.25) is 5.02 Å². The van der Waals surface area contributed by atoms with E-state index in [9.17, 15) is 14.4 Å². The van der Waals surface area contributed by atoms with E-state index in [1.165, 1.54) is 13.2 Å². The Hall–Kier alpha value is -3.58. The van der Waals surface area contributed by atoms with Crippen molar-refractivity contribution in [1.82, 2.24) is 5.32 Å². The molecule has 8 heteroatoms. The lowest BCUT2D eigenvalue weighted by Gasteiger charge is -2.18. The molecule has 0 saturated heterocycles. The number of carbonyl (C=O) groups excluding carboxylic acids is 3. The normalized spacial score (nSPS) is 11.5. The van der Waals surface area contributed by atoms with Crippen LogP contribution in [0.25, 0.3) is 11.1 Å². The zero-order valence-corrected chi connectivity index (χ0v) is 19.8. The Morgan fingerprint density at radius 2 is 1.76 bits per heavy atom. The largest absolute Gasteiger partial charge is 0.469 e. The maximum absolute atomic E-state index is 12.7. The third-order valence-electron chi connectivity index (χ3n) is 5.08. The Labute approximate surface area is 203 Å². The third-order valence-corrected chi connectivity index (χ3v) is 5.31. The molecule has 0 bridgehead atoms. The number of benzene rings is 2. The van der Waals surface area contributed by atoms with Crippen LogP contribution in [0, 0.1) is 0 Å². The average molecular weight is 484 g/mol. The minimum atomic E-state index is -0.516. The van der Waals surface area contributed by atoms with E-state index in [4.69, 9.17) is 20.8 Å². The van der Waals surface area contributed by atoms with E-state index in [0.29, 0.717) is 17.2 Å². The lowest BCUT2D eigenvalue weighted by molar-refractivity contribution is -0.143. The summed E-state index contributed by atoms with van der Waals surface area (Å²) in [5.74, 6) is -1.00. The van der Waals surface area contributed by atoms with Crippen LogP contribution >= 0.6 is 11.6 Å². The van der Waals surface area contributed by atoms with E-state index in [1.807, 2.05) is 48.5 Å². The van der Waals surface area contributed by atoms with Crippen molar-refractivity contribution in [3.63, 3.8) is 0 Å². The molecule has 2 aromatic carbocycles. The van der Waals surface area contributed by atoms with Gasteiger partial charge in [-0.15, -0.1) is 0 Å². The summed E-state index contributed by atoms with van der Waals surface area (Å²) in [6.45, 7) is 1.98. The van der Waals surface area contributed by atoms with Crippen molar-refractivity contribution in [3.8, 4) is 11.1 Å². The number of amides is 1. The highest BCUT2D eigenvalue weighted by atomic mass is 35.5. The van der Waals surface area contributed by atoms with Gasteiger partial charge in [-0.1, -0.05) is 48.0 Å². The van der Waals surface area contributed by atoms with Gasteiger partial charge in [0.05, 0.1) is 20.1 Å². The maximum atomic E-state index is 12.7. The monoisotopic (exact) mass is 483 g/mol. The molecule has 7 nitrogen and oxygen atoms in total. The van der Waals surface area contributed by atoms with Crippen molar-refractivity contribution in [2.45, 2.75) is 32.2 Å². The Balaban J connectivity index is 1.71. The van der Waals surface area contributed by atoms with Gasteiger partial charge in [0, 0.05) is 11.1 Å². The van der Waals surface area contributed by atoms with Crippen molar-refractivity contribution < 1.29 is 28.3 Å². The Bertz CT molecular complexity index is 1140. The molecule has 0 unspecified atom stereocenters. The van der Waals surface area contributed by atoms with Gasteiger partial charge in [-0.05, 0) is 54.3 Å². The van der Waals surface area contributed by atoms with E-state index < -0.39 is 23.9 Å². The van der Waals surface area contributed by atoms with E-state index in [0.717, 1.165) is 16.7 Å². The van der Waals surface area contributed by atoms with Crippen molar-refractivity contribution >= 4 is 29.4 Å². The SMILES string of the molecule is CCOC(=O)C[C@@H](Cc1ccc(-c2cccc(Cl)c2)cc1)NC(=O)c1ccc(CC(=O)OC)o1. The highest BCUT2D eigenvalue weighted by Gasteiger charge is 2.21. The molecule has 1 N–H and O–H groups in total. The van der Waals surface area contributed by atoms with Gasteiger partial charge in [0.2, 0.25) is 0 Å². The molecule has 3 aromatic rings. The molecule has 0 saturated carbocycles. The summed E-state index contributed by atoms with van der Waals surface area (Å²) in [4.78, 5) is 36.3. The first-order valence-corrected chi connectivity index (χ1v) is 11.2. The minimum absolute atomic E-state index is 0.00531. The molecule has 1 aromatic heterocycles. The van der Waals surface area contributed by atoms with Crippen molar-refractivity contribution in [2.75, 3.05) is 13.7 Å². The van der Waals surface area contributed by atoms with Crippen LogP contribution in [0.5, 0.6) is 0 Å². The van der Waals surface area contributed by atoms with Crippen LogP contribution < -0.4 is 5.32 Å². The molecule has 1 atom stereocenters. The second-order valence-electron chi connectivity index (χ2n) is 7.61. The zero-order valence-electron chi connectivity index (χ0n) is 19.0. The standard InChI is InChI=1S/C26H26ClNO6/c1-3-33-25(30)15-21(28-26(31)23-12-11-22(34-23)16-24(29)32-2)13-17-7-9-18(10-8-17)19-5-4-6-20(27)14-19/h4-12,14,21H,3,13,15-16H2,1-2H3,(H,28,31)/t21-/m1/s1. The number of halogens is 1. The predicted octanol–water partition coefficient (Wildman–Crippen LogP) is 4.61. The quantitative estimate of drug-likeness (QED) is 0.423. The van der Waals surface area contributed by atoms with Crippen LogP contribution in [0.15, 0.2) is 65.1 Å². The first kappa shape index (κ1) is 25.1. The number of rotatable bonds is 10. The molecule has 0 radical (unpaired) electrons. The summed E-state index contributed by atoms with van der Waals surface area (Å²) in [5, 5.41) is 3.50. The summed E-state index contributed by atoms with van der Waals surface area (Å²) in [7, 11) is 1.28. The van der Waals surface area contributed by atoms with E-state index >= 15 is 0 Å². The fraction of sp³-hybridized carbons (Fsp3) is 0.269. The summed E-state index contributed by atoms with van der Waals surface area (Å²) >= 11 is 6.09. The highest BCUT2D eigenvalue weighted by molar-refractivity contribution is 6.30. The van der Waals surface area contributed by atoms with Gasteiger partial charge in [-0.2, -0.15) is 0 Å². The number of methoxy groups -OCH3 is 1. The van der Waals surface area contributed by atoms with Gasteiger partial charge in [-0.25, -0.2) is 0 Å². The van der Waals surface area contributed by atoms with Crippen molar-refractivity contribution in [2.24, 2.45) is 0 Å². The molecule has 178 valence electrons. The smallest absolute Gasteiger partial charge is 0.313 e. The Morgan fingerprint density at radius 3 is 2.44 bits per heavy atom. The molecule has 0 aliphatic heterocycles. The molecule has 0 aliphatic rings. The van der Waals surface area contributed by atoms with Crippen LogP contribution in [0.3, 0.4) is 0 Å². The van der Waals surface area contributed by atoms with E-state index in [2.05, 4.69) is 10.1 Å². The number of furan rings is 1. The van der Waals surface area contributed by atoms with E-state index in [-0.39, 0.29) is 25.2 Å². The highest BCUT2D eigenvalue weighted by Crippen LogP contribution is 2.23. The molecule has 3 rings (SSSR count). The Kier molecular flexibility index (Phi) is 8.87. The van der Waals surface area contributed by atoms with Gasteiger partial charge < -0.3 is 19.2 Å². The number of hydrogen-bond acceptors (Lipinski definition) is 6. The predicted molar refractivity (Wildman–Crippen MR) is 128 cm³/mol. The van der Waals surface area contributed by atoms with Crippen molar-refractivity contribution in [1.29, 1.82) is 0 Å². The van der Waals surface area contributed by atoms with Crippen LogP contribution in [0.4, 0.5) is 0 Å². The number of nitrogens with one attached hydrogen (secondary N) is 1. The number of carbonyl (C=O) groups is 3. The van der Waals surface area contributed by atoms with Gasteiger partial charge in [0.25, 0.3) is 5.91 Å². The minimum Gasteiger partial charge on any atom is -0.469 e. The summed E-state index contributed by atoms with van der Waals surface area (Å²) in [6.07, 6.45) is 0.344. The van der Waals surface area contributed by atoms with Gasteiger partial charge in [0.1, 0.15) is 12.2 Å². The maximum Gasteiger partial charge on any atom is 0.313 e. The molecule has 0 fully saturated rings.